The van der Waals surface area contributed by atoms with Gasteiger partial charge in [0.2, 0.25) is 0 Å². The zero-order chi connectivity index (χ0) is 23.2. The van der Waals surface area contributed by atoms with Gasteiger partial charge in [0.25, 0.3) is 6.01 Å². The molecular formula is C24H22N4O5. The van der Waals surface area contributed by atoms with Crippen LogP contribution in [0.15, 0.2) is 71.8 Å². The largest absolute Gasteiger partial charge is 0.511 e. The Morgan fingerprint density at radius 1 is 1.12 bits per heavy atom. The van der Waals surface area contributed by atoms with Crippen molar-refractivity contribution in [3.63, 3.8) is 0 Å². The van der Waals surface area contributed by atoms with Gasteiger partial charge in [-0.2, -0.15) is 15.7 Å². The summed E-state index contributed by atoms with van der Waals surface area (Å²) in [4.78, 5) is 15.7. The summed E-state index contributed by atoms with van der Waals surface area (Å²) in [5.74, 6) is 0.195. The second kappa shape index (κ2) is 9.84. The van der Waals surface area contributed by atoms with E-state index < -0.39 is 6.16 Å². The summed E-state index contributed by atoms with van der Waals surface area (Å²) < 4.78 is 12.5. The third-order valence-electron chi connectivity index (χ3n) is 4.99. The number of rotatable bonds is 8. The number of para-hydroxylation sites is 1. The summed E-state index contributed by atoms with van der Waals surface area (Å²) in [5.41, 5.74) is 6.66. The highest BCUT2D eigenvalue weighted by molar-refractivity contribution is 5.90. The fourth-order valence-corrected chi connectivity index (χ4v) is 3.64. The predicted molar refractivity (Wildman–Crippen MR) is 123 cm³/mol. The van der Waals surface area contributed by atoms with Crippen LogP contribution in [0, 0.1) is 0 Å². The van der Waals surface area contributed by atoms with E-state index in [4.69, 9.17) is 19.8 Å². The van der Waals surface area contributed by atoms with Gasteiger partial charge >= 0.3 is 6.16 Å². The fourth-order valence-electron chi connectivity index (χ4n) is 3.64. The molecule has 0 atom stereocenters. The number of carbonyl (C=O) groups is 1. The lowest BCUT2D eigenvalue weighted by molar-refractivity contribution is 0.145. The molecule has 33 heavy (non-hydrogen) atoms. The average molecular weight is 446 g/mol. The van der Waals surface area contributed by atoms with Gasteiger partial charge in [-0.3, -0.25) is 9.77 Å². The summed E-state index contributed by atoms with van der Waals surface area (Å²) >= 11 is 0. The summed E-state index contributed by atoms with van der Waals surface area (Å²) in [6.45, 7) is 2.68. The molecule has 4 aromatic rings. The van der Waals surface area contributed by atoms with Gasteiger partial charge < -0.3 is 14.6 Å². The molecule has 1 aromatic heterocycles. The first-order chi connectivity index (χ1) is 16.1. The Kier molecular flexibility index (Phi) is 6.51. The number of benzene rings is 3. The highest BCUT2D eigenvalue weighted by atomic mass is 16.7. The topological polar surface area (TPSA) is 118 Å². The lowest BCUT2D eigenvalue weighted by Gasteiger charge is -2.12. The first-order valence-corrected chi connectivity index (χ1v) is 10.2. The van der Waals surface area contributed by atoms with Crippen LogP contribution in [0.5, 0.6) is 11.8 Å². The molecule has 0 spiro atoms. The van der Waals surface area contributed by atoms with E-state index >= 15 is 0 Å². The number of ether oxygens (including phenoxy) is 2. The van der Waals surface area contributed by atoms with Crippen LogP contribution in [0.1, 0.15) is 18.1 Å². The van der Waals surface area contributed by atoms with E-state index in [1.165, 1.54) is 0 Å². The number of aromatic nitrogens is 2. The molecule has 0 amide bonds. The number of hydrogen-bond donors (Lipinski definition) is 3. The Morgan fingerprint density at radius 3 is 2.64 bits per heavy atom. The molecular weight excluding hydrogens is 424 g/mol. The Hall–Kier alpha value is -4.37. The number of carboxylic acid groups (broad SMARTS) is 1. The van der Waals surface area contributed by atoms with E-state index in [2.05, 4.69) is 10.1 Å². The van der Waals surface area contributed by atoms with Crippen LogP contribution < -0.4 is 15.1 Å². The van der Waals surface area contributed by atoms with Gasteiger partial charge in [0, 0.05) is 5.56 Å². The minimum absolute atomic E-state index is 0.195. The summed E-state index contributed by atoms with van der Waals surface area (Å²) in [5, 5.41) is 21.5. The first-order valence-electron chi connectivity index (χ1n) is 10.2. The van der Waals surface area contributed by atoms with Gasteiger partial charge in [-0.25, -0.2) is 4.79 Å². The molecule has 0 aliphatic heterocycles. The maximum absolute atomic E-state index is 11.2. The molecule has 3 aromatic carbocycles. The van der Waals surface area contributed by atoms with Crippen LogP contribution in [-0.4, -0.2) is 38.8 Å². The highest BCUT2D eigenvalue weighted by Gasteiger charge is 2.18. The molecule has 9 heteroatoms. The third-order valence-corrected chi connectivity index (χ3v) is 4.99. The van der Waals surface area contributed by atoms with E-state index in [0.29, 0.717) is 30.2 Å². The number of hydrazone groups is 1. The van der Waals surface area contributed by atoms with Crippen molar-refractivity contribution < 1.29 is 24.6 Å². The molecule has 168 valence electrons. The fraction of sp³-hybridized carbons (Fsp3) is 0.125. The molecule has 0 unspecified atom stereocenters. The maximum Gasteiger partial charge on any atom is 0.511 e. The highest BCUT2D eigenvalue weighted by Crippen LogP contribution is 2.31. The van der Waals surface area contributed by atoms with E-state index in [1.54, 1.807) is 34.6 Å². The van der Waals surface area contributed by atoms with Crippen LogP contribution in [0.3, 0.4) is 0 Å². The van der Waals surface area contributed by atoms with E-state index in [0.717, 1.165) is 22.3 Å². The van der Waals surface area contributed by atoms with Gasteiger partial charge in [0.1, 0.15) is 5.52 Å². The molecule has 3 N–H and O–H groups in total. The molecule has 0 bridgehead atoms. The zero-order valence-corrected chi connectivity index (χ0v) is 17.8. The molecule has 0 radical (unpaired) electrons. The quantitative estimate of drug-likeness (QED) is 0.158. The van der Waals surface area contributed by atoms with Gasteiger partial charge in [-0.1, -0.05) is 54.6 Å². The first kappa shape index (κ1) is 21.8. The lowest BCUT2D eigenvalue weighted by Crippen LogP contribution is -2.08. The van der Waals surface area contributed by atoms with Crippen molar-refractivity contribution in [2.24, 2.45) is 5.10 Å². The number of hydrogen-bond acceptors (Lipinski definition) is 7. The van der Waals surface area contributed by atoms with E-state index in [-0.39, 0.29) is 5.75 Å². The van der Waals surface area contributed by atoms with Crippen molar-refractivity contribution in [1.82, 2.24) is 15.1 Å². The van der Waals surface area contributed by atoms with Crippen LogP contribution in [-0.2, 0) is 6.54 Å². The molecule has 0 aliphatic carbocycles. The van der Waals surface area contributed by atoms with Crippen LogP contribution in [0.2, 0.25) is 0 Å². The smallest absolute Gasteiger partial charge is 0.465 e. The average Bonchev–Trinajstić information content (AvgIpc) is 3.16. The van der Waals surface area contributed by atoms with Crippen molar-refractivity contribution in [1.29, 1.82) is 0 Å². The SMILES string of the molecule is CCOc1nc2cccc(OC(=O)O)c2n1Cc1ccc(-c2ccccc2C=NNO)cc1. The van der Waals surface area contributed by atoms with Gasteiger partial charge in [-0.15, -0.1) is 0 Å². The third kappa shape index (κ3) is 4.78. The monoisotopic (exact) mass is 446 g/mol. The Balaban J connectivity index is 1.70. The van der Waals surface area contributed by atoms with Crippen molar-refractivity contribution in [2.45, 2.75) is 13.5 Å². The number of imidazole rings is 1. The van der Waals surface area contributed by atoms with Crippen LogP contribution >= 0.6 is 0 Å². The van der Waals surface area contributed by atoms with Crippen molar-refractivity contribution in [2.75, 3.05) is 6.61 Å². The van der Waals surface area contributed by atoms with Crippen molar-refractivity contribution in [3.8, 4) is 22.9 Å². The number of fused-ring (bicyclic) bond motifs is 1. The Morgan fingerprint density at radius 2 is 1.91 bits per heavy atom. The summed E-state index contributed by atoms with van der Waals surface area (Å²) in [7, 11) is 0. The molecule has 0 fully saturated rings. The number of nitrogens with zero attached hydrogens (tertiary/aromatic N) is 3. The molecule has 0 aliphatic rings. The van der Waals surface area contributed by atoms with E-state index in [1.807, 2.05) is 55.5 Å². The molecule has 1 heterocycles. The summed E-state index contributed by atoms with van der Waals surface area (Å²) in [6.07, 6.45) is 0.148. The van der Waals surface area contributed by atoms with Gasteiger partial charge in [0.05, 0.1) is 24.9 Å². The van der Waals surface area contributed by atoms with Gasteiger partial charge in [-0.05, 0) is 35.7 Å². The second-order valence-corrected chi connectivity index (χ2v) is 7.05. The Labute approximate surface area is 189 Å². The second-order valence-electron chi connectivity index (χ2n) is 7.05. The summed E-state index contributed by atoms with van der Waals surface area (Å²) in [6, 6.07) is 21.1. The Bertz CT molecular complexity index is 1300. The predicted octanol–water partition coefficient (Wildman–Crippen LogP) is 4.52. The van der Waals surface area contributed by atoms with Crippen LogP contribution in [0.4, 0.5) is 4.79 Å². The molecule has 9 nitrogen and oxygen atoms in total. The van der Waals surface area contributed by atoms with Crippen molar-refractivity contribution >= 4 is 23.4 Å². The minimum atomic E-state index is -1.39. The number of nitrogens with one attached hydrogen (secondary N) is 1. The zero-order valence-electron chi connectivity index (χ0n) is 17.8. The van der Waals surface area contributed by atoms with Crippen LogP contribution in [0.25, 0.3) is 22.2 Å². The molecule has 0 saturated heterocycles. The van der Waals surface area contributed by atoms with Crippen molar-refractivity contribution in [3.05, 3.63) is 77.9 Å². The lowest BCUT2D eigenvalue weighted by atomic mass is 9.99. The molecule has 4 rings (SSSR count). The minimum Gasteiger partial charge on any atom is -0.465 e. The van der Waals surface area contributed by atoms with Gasteiger partial charge in [0.15, 0.2) is 5.75 Å². The standard InChI is InChI=1S/C24H22N4O5/c1-2-32-23-26-20-8-5-9-21(33-24(29)30)22(20)28(23)15-16-10-12-17(13-11-16)19-7-4-3-6-18(19)14-25-27-31/h3-14,27,31H,2,15H2,1H3,(H,29,30). The normalized spacial score (nSPS) is 11.1. The maximum atomic E-state index is 11.2. The molecule has 0 saturated carbocycles. The van der Waals surface area contributed by atoms with E-state index in [9.17, 15) is 4.79 Å².